The van der Waals surface area contributed by atoms with Crippen molar-refractivity contribution in [2.24, 2.45) is 0 Å². The molecule has 0 saturated carbocycles. The zero-order valence-corrected chi connectivity index (χ0v) is 11.8. The zero-order valence-electron chi connectivity index (χ0n) is 11.8. The Kier molecular flexibility index (Phi) is 9.88. The van der Waals surface area contributed by atoms with E-state index in [1.165, 1.54) is 12.8 Å². The Morgan fingerprint density at radius 1 is 1.11 bits per heavy atom. The number of unbranched alkanes of at least 4 members (excludes halogenated alkanes) is 3. The Hall–Kier alpha value is -1.30. The molecule has 0 rings (SSSR count). The lowest BCUT2D eigenvalue weighted by Crippen LogP contribution is -2.48. The lowest BCUT2D eigenvalue weighted by atomic mass is 10.1. The number of hydrogen-bond acceptors (Lipinski definition) is 3. The predicted molar refractivity (Wildman–Crippen MR) is 73.0 cm³/mol. The molecule has 0 aromatic carbocycles. The van der Waals surface area contributed by atoms with Gasteiger partial charge in [0.15, 0.2) is 0 Å². The molecule has 0 bridgehead atoms. The van der Waals surface area contributed by atoms with Crippen molar-refractivity contribution in [3.8, 4) is 0 Å². The van der Waals surface area contributed by atoms with Crippen molar-refractivity contribution in [3.63, 3.8) is 0 Å². The van der Waals surface area contributed by atoms with Crippen molar-refractivity contribution in [1.82, 2.24) is 10.6 Å². The molecule has 2 atom stereocenters. The van der Waals surface area contributed by atoms with Gasteiger partial charge in [-0.05, 0) is 13.3 Å². The molecule has 0 aromatic rings. The van der Waals surface area contributed by atoms with Crippen LogP contribution in [0.4, 0.5) is 4.79 Å². The van der Waals surface area contributed by atoms with Gasteiger partial charge in [0, 0.05) is 19.1 Å². The van der Waals surface area contributed by atoms with Crippen molar-refractivity contribution >= 4 is 12.0 Å². The number of hydrogen-bond donors (Lipinski definition) is 4. The summed E-state index contributed by atoms with van der Waals surface area (Å²) in [5.74, 6) is -1.14. The van der Waals surface area contributed by atoms with Gasteiger partial charge in [0.1, 0.15) is 6.04 Å². The molecule has 6 heteroatoms. The molecular weight excluding hydrogens is 248 g/mol. The molecule has 1 unspecified atom stereocenters. The third-order valence-electron chi connectivity index (χ3n) is 2.89. The third kappa shape index (κ3) is 9.30. The smallest absolute Gasteiger partial charge is 0.326 e. The van der Waals surface area contributed by atoms with E-state index in [2.05, 4.69) is 17.6 Å². The van der Waals surface area contributed by atoms with Crippen LogP contribution in [0.5, 0.6) is 0 Å². The largest absolute Gasteiger partial charge is 0.480 e. The van der Waals surface area contributed by atoms with Gasteiger partial charge in [-0.2, -0.15) is 0 Å². The van der Waals surface area contributed by atoms with Crippen molar-refractivity contribution in [1.29, 1.82) is 0 Å². The zero-order chi connectivity index (χ0) is 14.7. The van der Waals surface area contributed by atoms with Crippen LogP contribution in [0.3, 0.4) is 0 Å². The summed E-state index contributed by atoms with van der Waals surface area (Å²) in [6.07, 6.45) is 5.44. The van der Waals surface area contributed by atoms with Crippen LogP contribution < -0.4 is 10.6 Å². The number of aliphatic carboxylic acids is 1. The second kappa shape index (κ2) is 10.6. The van der Waals surface area contributed by atoms with E-state index >= 15 is 0 Å². The summed E-state index contributed by atoms with van der Waals surface area (Å²) >= 11 is 0. The monoisotopic (exact) mass is 274 g/mol. The molecule has 6 nitrogen and oxygen atoms in total. The second-order valence-corrected chi connectivity index (χ2v) is 4.77. The second-order valence-electron chi connectivity index (χ2n) is 4.77. The Morgan fingerprint density at radius 3 is 2.32 bits per heavy atom. The highest BCUT2D eigenvalue weighted by Crippen LogP contribution is 2.05. The highest BCUT2D eigenvalue weighted by atomic mass is 16.4. The standard InChI is InChI=1S/C13H26N2O4/c1-3-4-5-6-7-10(2)14-13(19)15-11(8-9-16)12(17)18/h10-11,16H,3-9H2,1-2H3,(H,17,18)(H2,14,15,19)/t10?,11-/m1/s1. The normalized spacial score (nSPS) is 13.6. The first-order valence-electron chi connectivity index (χ1n) is 6.92. The van der Waals surface area contributed by atoms with Crippen molar-refractivity contribution in [2.75, 3.05) is 6.61 Å². The maximum Gasteiger partial charge on any atom is 0.326 e. The lowest BCUT2D eigenvalue weighted by molar-refractivity contribution is -0.139. The van der Waals surface area contributed by atoms with Gasteiger partial charge in [-0.3, -0.25) is 0 Å². The number of carbonyl (C=O) groups excluding carboxylic acids is 1. The van der Waals surface area contributed by atoms with Crippen LogP contribution in [-0.4, -0.2) is 40.9 Å². The fourth-order valence-electron chi connectivity index (χ4n) is 1.76. The molecule has 112 valence electrons. The maximum atomic E-state index is 11.6. The maximum absolute atomic E-state index is 11.6. The van der Waals surface area contributed by atoms with Crippen LogP contribution in [0.25, 0.3) is 0 Å². The van der Waals surface area contributed by atoms with Crippen LogP contribution in [0, 0.1) is 0 Å². The summed E-state index contributed by atoms with van der Waals surface area (Å²) in [5, 5.41) is 22.6. The molecule has 0 heterocycles. The van der Waals surface area contributed by atoms with Gasteiger partial charge in [0.05, 0.1) is 0 Å². The van der Waals surface area contributed by atoms with Crippen molar-refractivity contribution in [2.45, 2.75) is 64.5 Å². The number of urea groups is 1. The highest BCUT2D eigenvalue weighted by molar-refractivity contribution is 5.82. The topological polar surface area (TPSA) is 98.7 Å². The summed E-state index contributed by atoms with van der Waals surface area (Å²) in [6.45, 7) is 3.76. The Bertz CT molecular complexity index is 271. The molecule has 0 spiro atoms. The molecule has 0 aliphatic heterocycles. The average molecular weight is 274 g/mol. The van der Waals surface area contributed by atoms with Crippen LogP contribution in [0.1, 0.15) is 52.4 Å². The molecular formula is C13H26N2O4. The van der Waals surface area contributed by atoms with Crippen LogP contribution in [0.2, 0.25) is 0 Å². The minimum atomic E-state index is -1.14. The highest BCUT2D eigenvalue weighted by Gasteiger charge is 2.19. The van der Waals surface area contributed by atoms with Crippen LogP contribution >= 0.6 is 0 Å². The summed E-state index contributed by atoms with van der Waals surface area (Å²) < 4.78 is 0. The van der Waals surface area contributed by atoms with E-state index in [4.69, 9.17) is 10.2 Å². The summed E-state index contributed by atoms with van der Waals surface area (Å²) in [5.41, 5.74) is 0. The van der Waals surface area contributed by atoms with E-state index in [9.17, 15) is 9.59 Å². The van der Waals surface area contributed by atoms with Gasteiger partial charge in [0.2, 0.25) is 0 Å². The molecule has 0 aliphatic rings. The number of carboxylic acids is 1. The molecule has 0 aromatic heterocycles. The van der Waals surface area contributed by atoms with Gasteiger partial charge in [-0.1, -0.05) is 32.6 Å². The summed E-state index contributed by atoms with van der Waals surface area (Å²) in [6, 6.07) is -1.53. The predicted octanol–water partition coefficient (Wildman–Crippen LogP) is 1.48. The summed E-state index contributed by atoms with van der Waals surface area (Å²) in [4.78, 5) is 22.4. The fourth-order valence-corrected chi connectivity index (χ4v) is 1.76. The van der Waals surface area contributed by atoms with E-state index in [1.807, 2.05) is 6.92 Å². The van der Waals surface area contributed by atoms with E-state index < -0.39 is 18.0 Å². The van der Waals surface area contributed by atoms with Gasteiger partial charge in [0.25, 0.3) is 0 Å². The number of aliphatic hydroxyl groups is 1. The molecule has 2 amide bonds. The Labute approximate surface area is 114 Å². The van der Waals surface area contributed by atoms with E-state index in [0.29, 0.717) is 0 Å². The lowest BCUT2D eigenvalue weighted by Gasteiger charge is -2.17. The molecule has 4 N–H and O–H groups in total. The molecule has 0 saturated heterocycles. The fraction of sp³-hybridized carbons (Fsp3) is 0.846. The Morgan fingerprint density at radius 2 is 1.79 bits per heavy atom. The third-order valence-corrected chi connectivity index (χ3v) is 2.89. The minimum absolute atomic E-state index is 0.00757. The number of amides is 2. The van der Waals surface area contributed by atoms with Gasteiger partial charge in [-0.15, -0.1) is 0 Å². The summed E-state index contributed by atoms with van der Waals surface area (Å²) in [7, 11) is 0. The number of carboxylic acid groups (broad SMARTS) is 1. The first kappa shape index (κ1) is 17.7. The quantitative estimate of drug-likeness (QED) is 0.453. The van der Waals surface area contributed by atoms with Gasteiger partial charge < -0.3 is 20.8 Å². The first-order chi connectivity index (χ1) is 9.01. The van der Waals surface area contributed by atoms with Crippen LogP contribution in [-0.2, 0) is 4.79 Å². The SMILES string of the molecule is CCCCCCC(C)NC(=O)N[C@H](CCO)C(=O)O. The minimum Gasteiger partial charge on any atom is -0.480 e. The average Bonchev–Trinajstić information content (AvgIpc) is 2.34. The van der Waals surface area contributed by atoms with Crippen molar-refractivity contribution in [3.05, 3.63) is 0 Å². The van der Waals surface area contributed by atoms with E-state index in [1.54, 1.807) is 0 Å². The first-order valence-corrected chi connectivity index (χ1v) is 6.92. The molecule has 0 radical (unpaired) electrons. The van der Waals surface area contributed by atoms with Gasteiger partial charge in [-0.25, -0.2) is 9.59 Å². The number of aliphatic hydroxyl groups excluding tert-OH is 1. The molecule has 0 aliphatic carbocycles. The number of nitrogens with one attached hydrogen (secondary N) is 2. The van der Waals surface area contributed by atoms with E-state index in [0.717, 1.165) is 19.3 Å². The van der Waals surface area contributed by atoms with Crippen molar-refractivity contribution < 1.29 is 19.8 Å². The van der Waals surface area contributed by atoms with Crippen LogP contribution in [0.15, 0.2) is 0 Å². The number of rotatable bonds is 10. The Balaban J connectivity index is 3.90. The molecule has 0 fully saturated rings. The number of carbonyl (C=O) groups is 2. The molecule has 19 heavy (non-hydrogen) atoms. The van der Waals surface area contributed by atoms with E-state index in [-0.39, 0.29) is 19.1 Å². The van der Waals surface area contributed by atoms with Gasteiger partial charge >= 0.3 is 12.0 Å².